The lowest BCUT2D eigenvalue weighted by atomic mass is 9.92. The molecular weight excluding hydrogens is 288 g/mol. The van der Waals surface area contributed by atoms with Crippen LogP contribution in [-0.4, -0.2) is 33.7 Å². The number of likely N-dealkylation sites (tertiary alicyclic amines) is 1. The zero-order valence-electron chi connectivity index (χ0n) is 13.6. The smallest absolute Gasteiger partial charge is 0.244 e. The van der Waals surface area contributed by atoms with Crippen LogP contribution in [-0.2, 0) is 11.3 Å². The number of benzene rings is 1. The van der Waals surface area contributed by atoms with Crippen molar-refractivity contribution in [1.82, 2.24) is 14.7 Å². The summed E-state index contributed by atoms with van der Waals surface area (Å²) in [5.74, 6) is 1.20. The monoisotopic (exact) mass is 312 g/mol. The van der Waals surface area contributed by atoms with Crippen LogP contribution in [0.2, 0.25) is 0 Å². The van der Waals surface area contributed by atoms with Crippen molar-refractivity contribution in [1.29, 1.82) is 0 Å². The van der Waals surface area contributed by atoms with Gasteiger partial charge in [-0.1, -0.05) is 30.3 Å². The van der Waals surface area contributed by atoms with Crippen molar-refractivity contribution in [2.24, 2.45) is 0 Å². The molecule has 1 amide bonds. The number of hydrogen-bond donors (Lipinski definition) is 1. The highest BCUT2D eigenvalue weighted by molar-refractivity contribution is 5.76. The van der Waals surface area contributed by atoms with Crippen LogP contribution in [0.4, 0.5) is 5.82 Å². The van der Waals surface area contributed by atoms with E-state index in [4.69, 9.17) is 5.73 Å². The van der Waals surface area contributed by atoms with Gasteiger partial charge >= 0.3 is 0 Å². The largest absolute Gasteiger partial charge is 0.384 e. The predicted octanol–water partition coefficient (Wildman–Crippen LogP) is 2.57. The number of anilines is 1. The van der Waals surface area contributed by atoms with Gasteiger partial charge in [0.2, 0.25) is 5.91 Å². The van der Waals surface area contributed by atoms with Crippen LogP contribution in [0.5, 0.6) is 0 Å². The lowest BCUT2D eigenvalue weighted by molar-refractivity contribution is -0.131. The molecule has 1 aliphatic heterocycles. The molecule has 5 heteroatoms. The summed E-state index contributed by atoms with van der Waals surface area (Å²) in [4.78, 5) is 14.5. The maximum absolute atomic E-state index is 12.5. The van der Waals surface area contributed by atoms with Crippen molar-refractivity contribution in [2.75, 3.05) is 18.8 Å². The van der Waals surface area contributed by atoms with Gasteiger partial charge in [-0.05, 0) is 37.7 Å². The van der Waals surface area contributed by atoms with E-state index in [1.54, 1.807) is 10.7 Å². The fourth-order valence-electron chi connectivity index (χ4n) is 3.32. The number of aromatic nitrogens is 2. The second-order valence-electron chi connectivity index (χ2n) is 6.29. The number of aryl methyl sites for hydroxylation is 1. The molecule has 0 saturated carbocycles. The number of amides is 1. The van der Waals surface area contributed by atoms with Crippen LogP contribution in [0.15, 0.2) is 36.4 Å². The van der Waals surface area contributed by atoms with Crippen molar-refractivity contribution < 1.29 is 4.79 Å². The molecule has 1 aromatic heterocycles. The van der Waals surface area contributed by atoms with E-state index in [0.29, 0.717) is 11.7 Å². The second kappa shape index (κ2) is 6.86. The Kier molecular flexibility index (Phi) is 4.65. The summed E-state index contributed by atoms with van der Waals surface area (Å²) in [5, 5.41) is 4.28. The summed E-state index contributed by atoms with van der Waals surface area (Å²) in [6.45, 7) is 3.74. The molecule has 0 radical (unpaired) electrons. The first-order valence-electron chi connectivity index (χ1n) is 8.26. The van der Waals surface area contributed by atoms with Gasteiger partial charge in [-0.15, -0.1) is 0 Å². The molecule has 1 saturated heterocycles. The number of rotatable bonds is 3. The number of nitrogens with two attached hydrogens (primary N) is 1. The van der Waals surface area contributed by atoms with Crippen molar-refractivity contribution in [3.63, 3.8) is 0 Å². The van der Waals surface area contributed by atoms with Crippen molar-refractivity contribution in [3.8, 4) is 0 Å². The topological polar surface area (TPSA) is 64.2 Å². The maximum atomic E-state index is 12.5. The van der Waals surface area contributed by atoms with Crippen LogP contribution in [0.1, 0.15) is 36.4 Å². The maximum Gasteiger partial charge on any atom is 0.244 e. The van der Waals surface area contributed by atoms with Gasteiger partial charge in [0.25, 0.3) is 0 Å². The van der Waals surface area contributed by atoms with E-state index in [1.807, 2.05) is 17.9 Å². The van der Waals surface area contributed by atoms with Gasteiger partial charge in [-0.3, -0.25) is 4.79 Å². The molecule has 5 nitrogen and oxygen atoms in total. The third-order valence-electron chi connectivity index (χ3n) is 4.57. The van der Waals surface area contributed by atoms with E-state index >= 15 is 0 Å². The predicted molar refractivity (Wildman–Crippen MR) is 91.0 cm³/mol. The molecule has 3 rings (SSSR count). The highest BCUT2D eigenvalue weighted by Gasteiger charge is 2.22. The molecule has 0 unspecified atom stereocenters. The lowest BCUT2D eigenvalue weighted by Crippen LogP contribution is -2.35. The Morgan fingerprint density at radius 2 is 2.04 bits per heavy atom. The van der Waals surface area contributed by atoms with Gasteiger partial charge in [-0.2, -0.15) is 5.10 Å². The number of nitrogens with zero attached hydrogens (tertiary/aromatic N) is 3. The van der Waals surface area contributed by atoms with Crippen molar-refractivity contribution in [2.45, 2.75) is 38.6 Å². The summed E-state index contributed by atoms with van der Waals surface area (Å²) in [5.41, 5.74) is 8.10. The van der Waals surface area contributed by atoms with Crippen LogP contribution >= 0.6 is 0 Å². The van der Waals surface area contributed by atoms with Gasteiger partial charge < -0.3 is 10.6 Å². The lowest BCUT2D eigenvalue weighted by Gasteiger charge is -2.21. The first-order valence-corrected chi connectivity index (χ1v) is 8.26. The normalized spacial score (nSPS) is 18.7. The fourth-order valence-corrected chi connectivity index (χ4v) is 3.32. The Balaban J connectivity index is 1.61. The fraction of sp³-hybridized carbons (Fsp3) is 0.444. The Bertz CT molecular complexity index is 665. The highest BCUT2D eigenvalue weighted by atomic mass is 16.2. The van der Waals surface area contributed by atoms with Gasteiger partial charge in [0.1, 0.15) is 12.4 Å². The highest BCUT2D eigenvalue weighted by Crippen LogP contribution is 2.27. The summed E-state index contributed by atoms with van der Waals surface area (Å²) in [6.07, 6.45) is 3.19. The molecule has 1 atom stereocenters. The number of hydrogen-bond acceptors (Lipinski definition) is 3. The van der Waals surface area contributed by atoms with Crippen LogP contribution < -0.4 is 5.73 Å². The minimum absolute atomic E-state index is 0.105. The minimum Gasteiger partial charge on any atom is -0.384 e. The SMILES string of the molecule is Cc1cc(N)n(CC(=O)N2CCC[C@H](c3ccccc3)CC2)n1. The van der Waals surface area contributed by atoms with Crippen molar-refractivity contribution >= 4 is 11.7 Å². The van der Waals surface area contributed by atoms with Gasteiger partial charge in [0.15, 0.2) is 0 Å². The zero-order valence-corrected chi connectivity index (χ0v) is 13.6. The first-order chi connectivity index (χ1) is 11.1. The Morgan fingerprint density at radius 1 is 1.26 bits per heavy atom. The summed E-state index contributed by atoms with van der Waals surface area (Å²) in [6, 6.07) is 12.4. The van der Waals surface area contributed by atoms with E-state index in [-0.39, 0.29) is 12.5 Å². The number of carbonyl (C=O) groups is 1. The van der Waals surface area contributed by atoms with Crippen LogP contribution in [0.3, 0.4) is 0 Å². The van der Waals surface area contributed by atoms with E-state index in [1.165, 1.54) is 5.56 Å². The average Bonchev–Trinajstić information content (AvgIpc) is 2.76. The molecular formula is C18H24N4O. The minimum atomic E-state index is 0.105. The third-order valence-corrected chi connectivity index (χ3v) is 4.57. The average molecular weight is 312 g/mol. The summed E-state index contributed by atoms with van der Waals surface area (Å²) >= 11 is 0. The van der Waals surface area contributed by atoms with Gasteiger partial charge in [0, 0.05) is 19.2 Å². The molecule has 0 spiro atoms. The molecule has 1 aromatic carbocycles. The number of carbonyl (C=O) groups excluding carboxylic acids is 1. The standard InChI is InChI=1S/C18H24N4O/c1-14-12-17(19)22(20-14)13-18(23)21-10-5-8-16(9-11-21)15-6-3-2-4-7-15/h2-4,6-7,12,16H,5,8-11,13,19H2,1H3/t16-/m0/s1. The molecule has 122 valence electrons. The van der Waals surface area contributed by atoms with Gasteiger partial charge in [0.05, 0.1) is 5.69 Å². The van der Waals surface area contributed by atoms with E-state index in [2.05, 4.69) is 29.4 Å². The van der Waals surface area contributed by atoms with E-state index in [0.717, 1.165) is 38.0 Å². The molecule has 23 heavy (non-hydrogen) atoms. The van der Waals surface area contributed by atoms with Crippen molar-refractivity contribution in [3.05, 3.63) is 47.7 Å². The Labute approximate surface area is 137 Å². The Hall–Kier alpha value is -2.30. The molecule has 1 aliphatic rings. The molecule has 0 bridgehead atoms. The summed E-state index contributed by atoms with van der Waals surface area (Å²) < 4.78 is 1.59. The third kappa shape index (κ3) is 3.73. The second-order valence-corrected chi connectivity index (χ2v) is 6.29. The van der Waals surface area contributed by atoms with E-state index < -0.39 is 0 Å². The quantitative estimate of drug-likeness (QED) is 0.947. The first kappa shape index (κ1) is 15.6. The number of nitrogen functional groups attached to an aromatic ring is 1. The molecule has 2 N–H and O–H groups in total. The Morgan fingerprint density at radius 3 is 2.74 bits per heavy atom. The molecule has 2 heterocycles. The van der Waals surface area contributed by atoms with Gasteiger partial charge in [-0.25, -0.2) is 4.68 Å². The summed E-state index contributed by atoms with van der Waals surface area (Å²) in [7, 11) is 0. The van der Waals surface area contributed by atoms with E-state index in [9.17, 15) is 4.79 Å². The molecule has 2 aromatic rings. The van der Waals surface area contributed by atoms with Crippen LogP contribution in [0, 0.1) is 6.92 Å². The zero-order chi connectivity index (χ0) is 16.2. The molecule has 0 aliphatic carbocycles. The van der Waals surface area contributed by atoms with Crippen LogP contribution in [0.25, 0.3) is 0 Å². The molecule has 1 fully saturated rings.